The van der Waals surface area contributed by atoms with Crippen molar-refractivity contribution in [2.45, 2.75) is 121 Å². The largest absolute Gasteiger partial charge is 0.274 e. The molecule has 0 bridgehead atoms. The molecule has 0 aliphatic rings. The summed E-state index contributed by atoms with van der Waals surface area (Å²) in [6.45, 7) is 4.16. The minimum Gasteiger partial charge on any atom is -0.274 e. The van der Waals surface area contributed by atoms with Crippen LogP contribution in [0.1, 0.15) is 115 Å². The van der Waals surface area contributed by atoms with E-state index in [0.29, 0.717) is 0 Å². The Morgan fingerprint density at radius 1 is 0.700 bits per heavy atom. The average molecular weight is 438 g/mol. The van der Waals surface area contributed by atoms with Crippen LogP contribution in [0.4, 0.5) is 0 Å². The van der Waals surface area contributed by atoms with Crippen LogP contribution in [0.5, 0.6) is 0 Å². The van der Waals surface area contributed by atoms with Gasteiger partial charge in [-0.05, 0) is 25.5 Å². The second-order valence-corrected chi connectivity index (χ2v) is 10.2. The number of carbonyl (C=O) groups excluding carboxylic acids is 1. The summed E-state index contributed by atoms with van der Waals surface area (Å²) in [7, 11) is -3.75. The number of hydrogen-bond donors (Lipinski definition) is 1. The van der Waals surface area contributed by atoms with Gasteiger partial charge in [0.1, 0.15) is 0 Å². The molecule has 5 heteroatoms. The molecular formula is C25H43NO3S. The van der Waals surface area contributed by atoms with Gasteiger partial charge in [0.05, 0.1) is 4.90 Å². The summed E-state index contributed by atoms with van der Waals surface area (Å²) in [4.78, 5) is 12.1. The summed E-state index contributed by atoms with van der Waals surface area (Å²) in [5.41, 5.74) is 0.984. The van der Waals surface area contributed by atoms with Crippen LogP contribution < -0.4 is 4.72 Å². The van der Waals surface area contributed by atoms with Crippen LogP contribution >= 0.6 is 0 Å². The van der Waals surface area contributed by atoms with E-state index in [2.05, 4.69) is 11.6 Å². The van der Waals surface area contributed by atoms with Crippen molar-refractivity contribution in [3.8, 4) is 0 Å². The van der Waals surface area contributed by atoms with Gasteiger partial charge in [-0.1, -0.05) is 115 Å². The van der Waals surface area contributed by atoms with Crippen LogP contribution in [0.15, 0.2) is 29.2 Å². The summed E-state index contributed by atoms with van der Waals surface area (Å²) in [6, 6.07) is 6.51. The minimum atomic E-state index is -3.75. The zero-order valence-electron chi connectivity index (χ0n) is 19.3. The molecule has 30 heavy (non-hydrogen) atoms. The Bertz CT molecular complexity index is 668. The van der Waals surface area contributed by atoms with E-state index in [1.807, 2.05) is 6.92 Å². The number of aryl methyl sites for hydroxylation is 1. The smallest absolute Gasteiger partial charge is 0.264 e. The Morgan fingerprint density at radius 3 is 1.53 bits per heavy atom. The van der Waals surface area contributed by atoms with Crippen LogP contribution in [0.3, 0.4) is 0 Å². The third-order valence-electron chi connectivity index (χ3n) is 5.59. The van der Waals surface area contributed by atoms with Crippen LogP contribution in [0, 0.1) is 6.92 Å². The van der Waals surface area contributed by atoms with Crippen molar-refractivity contribution in [3.05, 3.63) is 29.8 Å². The number of unbranched alkanes of at least 4 members (excludes halogenated alkanes) is 14. The lowest BCUT2D eigenvalue weighted by molar-refractivity contribution is -0.119. The molecule has 1 amide bonds. The SMILES string of the molecule is CCCCCCCCCCCCCCCCCC(=O)NS(=O)(=O)c1ccc(C)cc1. The van der Waals surface area contributed by atoms with Crippen LogP contribution in [0.2, 0.25) is 0 Å². The highest BCUT2D eigenvalue weighted by Gasteiger charge is 2.16. The third kappa shape index (κ3) is 13.0. The molecule has 0 saturated heterocycles. The first-order valence-electron chi connectivity index (χ1n) is 12.1. The molecule has 0 radical (unpaired) electrons. The quantitative estimate of drug-likeness (QED) is 0.250. The van der Waals surface area contributed by atoms with E-state index in [4.69, 9.17) is 0 Å². The van der Waals surface area contributed by atoms with Gasteiger partial charge in [-0.25, -0.2) is 13.1 Å². The Labute approximate surface area is 185 Å². The second kappa shape index (κ2) is 16.3. The van der Waals surface area contributed by atoms with Crippen molar-refractivity contribution >= 4 is 15.9 Å². The molecule has 0 atom stereocenters. The minimum absolute atomic E-state index is 0.137. The van der Waals surface area contributed by atoms with E-state index in [9.17, 15) is 13.2 Å². The van der Waals surface area contributed by atoms with E-state index in [1.165, 1.54) is 89.2 Å². The molecule has 0 aliphatic carbocycles. The number of nitrogens with one attached hydrogen (secondary N) is 1. The molecule has 1 N–H and O–H groups in total. The fourth-order valence-electron chi connectivity index (χ4n) is 3.63. The zero-order valence-corrected chi connectivity index (χ0v) is 20.1. The van der Waals surface area contributed by atoms with Crippen LogP contribution in [-0.2, 0) is 14.8 Å². The fraction of sp³-hybridized carbons (Fsp3) is 0.720. The predicted molar refractivity (Wildman–Crippen MR) is 126 cm³/mol. The molecule has 0 heterocycles. The molecule has 1 rings (SSSR count). The van der Waals surface area contributed by atoms with Crippen molar-refractivity contribution in [2.24, 2.45) is 0 Å². The van der Waals surface area contributed by atoms with Gasteiger partial charge in [0.2, 0.25) is 5.91 Å². The van der Waals surface area contributed by atoms with Gasteiger partial charge in [-0.15, -0.1) is 0 Å². The number of amides is 1. The van der Waals surface area contributed by atoms with E-state index in [0.717, 1.165) is 24.8 Å². The van der Waals surface area contributed by atoms with E-state index in [1.54, 1.807) is 12.1 Å². The monoisotopic (exact) mass is 437 g/mol. The third-order valence-corrected chi connectivity index (χ3v) is 6.98. The molecule has 0 aliphatic heterocycles. The van der Waals surface area contributed by atoms with Gasteiger partial charge >= 0.3 is 0 Å². The molecule has 0 spiro atoms. The molecule has 172 valence electrons. The Morgan fingerprint density at radius 2 is 1.10 bits per heavy atom. The highest BCUT2D eigenvalue weighted by molar-refractivity contribution is 7.90. The lowest BCUT2D eigenvalue weighted by Gasteiger charge is -2.07. The first kappa shape index (κ1) is 26.7. The number of sulfonamides is 1. The van der Waals surface area contributed by atoms with Gasteiger partial charge in [0.25, 0.3) is 10.0 Å². The maximum absolute atomic E-state index is 12.2. The first-order chi connectivity index (χ1) is 14.5. The highest BCUT2D eigenvalue weighted by Crippen LogP contribution is 2.14. The summed E-state index contributed by atoms with van der Waals surface area (Å²) in [5.74, 6) is -0.412. The molecule has 0 unspecified atom stereocenters. The molecule has 1 aromatic rings. The average Bonchev–Trinajstić information content (AvgIpc) is 2.71. The van der Waals surface area contributed by atoms with Crippen molar-refractivity contribution < 1.29 is 13.2 Å². The molecule has 1 aromatic carbocycles. The molecule has 0 saturated carbocycles. The van der Waals surface area contributed by atoms with Gasteiger partial charge in [0, 0.05) is 6.42 Å². The number of hydrogen-bond acceptors (Lipinski definition) is 3. The summed E-state index contributed by atoms with van der Waals surface area (Å²) in [5, 5.41) is 0. The van der Waals surface area contributed by atoms with Gasteiger partial charge in [-0.2, -0.15) is 0 Å². The van der Waals surface area contributed by atoms with E-state index in [-0.39, 0.29) is 11.3 Å². The van der Waals surface area contributed by atoms with E-state index < -0.39 is 15.9 Å². The summed E-state index contributed by atoms with van der Waals surface area (Å²) < 4.78 is 26.5. The van der Waals surface area contributed by atoms with Crippen LogP contribution in [-0.4, -0.2) is 14.3 Å². The van der Waals surface area contributed by atoms with Gasteiger partial charge < -0.3 is 0 Å². The molecule has 0 fully saturated rings. The molecule has 4 nitrogen and oxygen atoms in total. The van der Waals surface area contributed by atoms with Gasteiger partial charge in [-0.3, -0.25) is 4.79 Å². The molecule has 0 aromatic heterocycles. The van der Waals surface area contributed by atoms with Crippen molar-refractivity contribution in [1.29, 1.82) is 0 Å². The fourth-order valence-corrected chi connectivity index (χ4v) is 4.65. The standard InChI is InChI=1S/C25H43NO3S/c1-3-4-5-6-7-8-9-10-11-12-13-14-15-16-17-18-25(27)26-30(28,29)24-21-19-23(2)20-22-24/h19-22H,3-18H2,1-2H3,(H,26,27). The zero-order chi connectivity index (χ0) is 22.1. The predicted octanol–water partition coefficient (Wildman–Crippen LogP) is 7.06. The first-order valence-corrected chi connectivity index (χ1v) is 13.6. The van der Waals surface area contributed by atoms with Crippen molar-refractivity contribution in [3.63, 3.8) is 0 Å². The number of carbonyl (C=O) groups is 1. The van der Waals surface area contributed by atoms with E-state index >= 15 is 0 Å². The maximum atomic E-state index is 12.2. The van der Waals surface area contributed by atoms with Crippen molar-refractivity contribution in [1.82, 2.24) is 4.72 Å². The normalized spacial score (nSPS) is 11.5. The lowest BCUT2D eigenvalue weighted by Crippen LogP contribution is -2.30. The van der Waals surface area contributed by atoms with Crippen LogP contribution in [0.25, 0.3) is 0 Å². The lowest BCUT2D eigenvalue weighted by atomic mass is 10.0. The molecular weight excluding hydrogens is 394 g/mol. The summed E-state index contributed by atoms with van der Waals surface area (Å²) >= 11 is 0. The Hall–Kier alpha value is -1.36. The topological polar surface area (TPSA) is 63.2 Å². The summed E-state index contributed by atoms with van der Waals surface area (Å²) in [6.07, 6.45) is 19.3. The maximum Gasteiger partial charge on any atom is 0.264 e. The van der Waals surface area contributed by atoms with Crippen molar-refractivity contribution in [2.75, 3.05) is 0 Å². The van der Waals surface area contributed by atoms with Gasteiger partial charge in [0.15, 0.2) is 0 Å². The number of benzene rings is 1. The highest BCUT2D eigenvalue weighted by atomic mass is 32.2. The number of rotatable bonds is 18. The Balaban J connectivity index is 1.95. The Kier molecular flexibility index (Phi) is 14.5. The second-order valence-electron chi connectivity index (χ2n) is 8.54.